The second kappa shape index (κ2) is 6.40. The molecule has 1 heterocycles. The van der Waals surface area contributed by atoms with E-state index in [1.54, 1.807) is 7.11 Å². The van der Waals surface area contributed by atoms with Gasteiger partial charge in [-0.05, 0) is 37.1 Å². The van der Waals surface area contributed by atoms with E-state index in [2.05, 4.69) is 10.6 Å². The summed E-state index contributed by atoms with van der Waals surface area (Å²) in [6.07, 6.45) is 2.62. The van der Waals surface area contributed by atoms with Crippen LogP contribution in [0.3, 0.4) is 0 Å². The maximum Gasteiger partial charge on any atom is 0.221 e. The number of carbonyl (C=O) groups is 1. The molecule has 1 atom stereocenters. The van der Waals surface area contributed by atoms with Crippen molar-refractivity contribution in [1.82, 2.24) is 10.6 Å². The minimum Gasteiger partial charge on any atom is -0.497 e. The monoisotopic (exact) mass is 248 g/mol. The largest absolute Gasteiger partial charge is 0.497 e. The molecule has 2 N–H and O–H groups in total. The van der Waals surface area contributed by atoms with Crippen molar-refractivity contribution >= 4 is 5.91 Å². The highest BCUT2D eigenvalue weighted by atomic mass is 16.5. The SMILES string of the molecule is COc1ccc([C@H]2CC(=O)NCCCCN2)cc1. The Morgan fingerprint density at radius 2 is 1.89 bits per heavy atom. The molecule has 1 saturated heterocycles. The molecule has 1 aromatic carbocycles. The maximum absolute atomic E-state index is 11.7. The molecule has 98 valence electrons. The topological polar surface area (TPSA) is 50.4 Å². The van der Waals surface area contributed by atoms with Gasteiger partial charge in [0.25, 0.3) is 0 Å². The lowest BCUT2D eigenvalue weighted by atomic mass is 10.0. The lowest BCUT2D eigenvalue weighted by Gasteiger charge is -2.17. The van der Waals surface area contributed by atoms with E-state index in [0.29, 0.717) is 6.42 Å². The minimum atomic E-state index is 0.0917. The predicted octanol–water partition coefficient (Wildman–Crippen LogP) is 1.63. The van der Waals surface area contributed by atoms with Gasteiger partial charge in [0.2, 0.25) is 5.91 Å². The fourth-order valence-corrected chi connectivity index (χ4v) is 2.16. The first kappa shape index (κ1) is 12.9. The van der Waals surface area contributed by atoms with E-state index in [1.807, 2.05) is 24.3 Å². The molecule has 1 aliphatic rings. The van der Waals surface area contributed by atoms with E-state index in [-0.39, 0.29) is 11.9 Å². The van der Waals surface area contributed by atoms with Gasteiger partial charge in [-0.1, -0.05) is 12.1 Å². The minimum absolute atomic E-state index is 0.0917. The summed E-state index contributed by atoms with van der Waals surface area (Å²) in [6, 6.07) is 7.99. The van der Waals surface area contributed by atoms with E-state index in [9.17, 15) is 4.79 Å². The van der Waals surface area contributed by atoms with Crippen LogP contribution in [-0.4, -0.2) is 26.1 Å². The second-order valence-corrected chi connectivity index (χ2v) is 4.54. The Morgan fingerprint density at radius 1 is 1.17 bits per heavy atom. The van der Waals surface area contributed by atoms with Gasteiger partial charge in [-0.2, -0.15) is 0 Å². The van der Waals surface area contributed by atoms with E-state index in [4.69, 9.17) is 4.74 Å². The Balaban J connectivity index is 2.09. The Morgan fingerprint density at radius 3 is 2.61 bits per heavy atom. The average Bonchev–Trinajstić information content (AvgIpc) is 2.51. The molecular formula is C14H20N2O2. The van der Waals surface area contributed by atoms with Crippen LogP contribution in [0.1, 0.15) is 30.9 Å². The molecule has 2 rings (SSSR count). The highest BCUT2D eigenvalue weighted by Gasteiger charge is 2.16. The maximum atomic E-state index is 11.7. The number of amides is 1. The molecule has 4 heteroatoms. The number of nitrogens with one attached hydrogen (secondary N) is 2. The predicted molar refractivity (Wildman–Crippen MR) is 70.6 cm³/mol. The van der Waals surface area contributed by atoms with Gasteiger partial charge in [0.15, 0.2) is 0 Å². The fourth-order valence-electron chi connectivity index (χ4n) is 2.16. The third kappa shape index (κ3) is 3.47. The number of ether oxygens (including phenoxy) is 1. The van der Waals surface area contributed by atoms with Crippen LogP contribution in [0.2, 0.25) is 0 Å². The number of rotatable bonds is 2. The summed E-state index contributed by atoms with van der Waals surface area (Å²) in [5.41, 5.74) is 1.13. The third-order valence-corrected chi connectivity index (χ3v) is 3.22. The zero-order valence-corrected chi connectivity index (χ0v) is 10.7. The Labute approximate surface area is 108 Å². The van der Waals surface area contributed by atoms with Gasteiger partial charge in [-0.3, -0.25) is 4.79 Å². The third-order valence-electron chi connectivity index (χ3n) is 3.22. The Kier molecular flexibility index (Phi) is 4.59. The smallest absolute Gasteiger partial charge is 0.221 e. The fraction of sp³-hybridized carbons (Fsp3) is 0.500. The van der Waals surface area contributed by atoms with Gasteiger partial charge in [0.1, 0.15) is 5.75 Å². The van der Waals surface area contributed by atoms with Crippen molar-refractivity contribution in [2.24, 2.45) is 0 Å². The molecule has 1 fully saturated rings. The van der Waals surface area contributed by atoms with Crippen LogP contribution in [0, 0.1) is 0 Å². The van der Waals surface area contributed by atoms with Crippen molar-refractivity contribution in [3.63, 3.8) is 0 Å². The number of hydrogen-bond donors (Lipinski definition) is 2. The van der Waals surface area contributed by atoms with Gasteiger partial charge >= 0.3 is 0 Å². The summed E-state index contributed by atoms with van der Waals surface area (Å²) < 4.78 is 5.14. The number of hydrogen-bond acceptors (Lipinski definition) is 3. The molecule has 0 aliphatic carbocycles. The van der Waals surface area contributed by atoms with Crippen LogP contribution in [-0.2, 0) is 4.79 Å². The molecule has 0 bridgehead atoms. The van der Waals surface area contributed by atoms with Crippen molar-refractivity contribution in [3.05, 3.63) is 29.8 Å². The second-order valence-electron chi connectivity index (χ2n) is 4.54. The first-order valence-corrected chi connectivity index (χ1v) is 6.43. The summed E-state index contributed by atoms with van der Waals surface area (Å²) in [4.78, 5) is 11.7. The first-order chi connectivity index (χ1) is 8.79. The summed E-state index contributed by atoms with van der Waals surface area (Å²) >= 11 is 0. The zero-order valence-electron chi connectivity index (χ0n) is 10.7. The normalized spacial score (nSPS) is 21.4. The summed E-state index contributed by atoms with van der Waals surface area (Å²) in [5.74, 6) is 0.955. The van der Waals surface area contributed by atoms with Crippen molar-refractivity contribution < 1.29 is 9.53 Å². The number of carbonyl (C=O) groups excluding carboxylic acids is 1. The molecular weight excluding hydrogens is 228 g/mol. The van der Waals surface area contributed by atoms with Crippen LogP contribution in [0.25, 0.3) is 0 Å². The standard InChI is InChI=1S/C14H20N2O2/c1-18-12-6-4-11(5-7-12)13-10-14(17)16-9-3-2-8-15-13/h4-7,13,15H,2-3,8-10H2,1H3,(H,16,17)/t13-/m1/s1. The van der Waals surface area contributed by atoms with Crippen LogP contribution in [0.4, 0.5) is 0 Å². The van der Waals surface area contributed by atoms with E-state index in [0.717, 1.165) is 37.2 Å². The average molecular weight is 248 g/mol. The van der Waals surface area contributed by atoms with Crippen LogP contribution < -0.4 is 15.4 Å². The Hall–Kier alpha value is -1.55. The highest BCUT2D eigenvalue weighted by Crippen LogP contribution is 2.20. The van der Waals surface area contributed by atoms with Crippen LogP contribution in [0.5, 0.6) is 5.75 Å². The summed E-state index contributed by atoms with van der Waals surface area (Å²) in [6.45, 7) is 1.74. The zero-order chi connectivity index (χ0) is 12.8. The van der Waals surface area contributed by atoms with Crippen LogP contribution in [0.15, 0.2) is 24.3 Å². The van der Waals surface area contributed by atoms with Crippen molar-refractivity contribution in [2.45, 2.75) is 25.3 Å². The highest BCUT2D eigenvalue weighted by molar-refractivity contribution is 5.76. The first-order valence-electron chi connectivity index (χ1n) is 6.43. The van der Waals surface area contributed by atoms with Crippen molar-refractivity contribution in [1.29, 1.82) is 0 Å². The molecule has 1 amide bonds. The van der Waals surface area contributed by atoms with Gasteiger partial charge < -0.3 is 15.4 Å². The van der Waals surface area contributed by atoms with E-state index < -0.39 is 0 Å². The molecule has 0 saturated carbocycles. The van der Waals surface area contributed by atoms with Crippen LogP contribution >= 0.6 is 0 Å². The van der Waals surface area contributed by atoms with Gasteiger partial charge in [-0.25, -0.2) is 0 Å². The summed E-state index contributed by atoms with van der Waals surface area (Å²) in [7, 11) is 1.65. The summed E-state index contributed by atoms with van der Waals surface area (Å²) in [5, 5.41) is 6.39. The van der Waals surface area contributed by atoms with Gasteiger partial charge in [-0.15, -0.1) is 0 Å². The van der Waals surface area contributed by atoms with E-state index in [1.165, 1.54) is 0 Å². The molecule has 0 aromatic heterocycles. The molecule has 18 heavy (non-hydrogen) atoms. The quantitative estimate of drug-likeness (QED) is 0.836. The molecule has 4 nitrogen and oxygen atoms in total. The lowest BCUT2D eigenvalue weighted by molar-refractivity contribution is -0.121. The van der Waals surface area contributed by atoms with Crippen molar-refractivity contribution in [2.75, 3.05) is 20.2 Å². The molecule has 0 radical (unpaired) electrons. The van der Waals surface area contributed by atoms with Crippen molar-refractivity contribution in [3.8, 4) is 5.75 Å². The number of benzene rings is 1. The molecule has 0 spiro atoms. The van der Waals surface area contributed by atoms with Gasteiger partial charge in [0, 0.05) is 19.0 Å². The number of methoxy groups -OCH3 is 1. The van der Waals surface area contributed by atoms with E-state index >= 15 is 0 Å². The van der Waals surface area contributed by atoms with Gasteiger partial charge in [0.05, 0.1) is 7.11 Å². The molecule has 0 unspecified atom stereocenters. The molecule has 1 aromatic rings. The molecule has 1 aliphatic heterocycles. The lowest BCUT2D eigenvalue weighted by Crippen LogP contribution is -2.28. The Bertz CT molecular complexity index is 389.